The number of para-hydroxylation sites is 2. The van der Waals surface area contributed by atoms with Crippen molar-refractivity contribution in [2.75, 3.05) is 12.0 Å². The first-order valence-corrected chi connectivity index (χ1v) is 10.7. The van der Waals surface area contributed by atoms with E-state index in [4.69, 9.17) is 15.0 Å². The van der Waals surface area contributed by atoms with Crippen LogP contribution in [0.2, 0.25) is 0 Å². The van der Waals surface area contributed by atoms with Crippen LogP contribution in [0.25, 0.3) is 11.0 Å². The average molecular weight is 467 g/mol. The molecule has 4 N–H and O–H groups in total. The topological polar surface area (TPSA) is 144 Å². The molecule has 170 valence electrons. The molecule has 0 radical (unpaired) electrons. The molecule has 1 heterocycles. The highest BCUT2D eigenvalue weighted by molar-refractivity contribution is 8.27. The Balaban J connectivity index is 1.78. The molecule has 0 aliphatic heterocycles. The number of carbonyl (C=O) groups excluding carboxylic acids is 1. The summed E-state index contributed by atoms with van der Waals surface area (Å²) in [6, 6.07) is 17.9. The van der Waals surface area contributed by atoms with Crippen molar-refractivity contribution in [1.82, 2.24) is 5.43 Å². The monoisotopic (exact) mass is 466 g/mol. The number of nitrogens with zero attached hydrogens (tertiary/aromatic N) is 3. The van der Waals surface area contributed by atoms with Crippen molar-refractivity contribution >= 4 is 50.3 Å². The zero-order chi connectivity index (χ0) is 23.6. The van der Waals surface area contributed by atoms with Gasteiger partial charge in [0.1, 0.15) is 5.58 Å². The van der Waals surface area contributed by atoms with Crippen molar-refractivity contribution in [1.29, 1.82) is 0 Å². The Morgan fingerprint density at radius 2 is 1.85 bits per heavy atom. The van der Waals surface area contributed by atoms with E-state index in [1.807, 2.05) is 30.3 Å². The van der Waals surface area contributed by atoms with Gasteiger partial charge in [-0.05, 0) is 49.9 Å². The second-order valence-corrected chi connectivity index (χ2v) is 7.42. The fourth-order valence-corrected chi connectivity index (χ4v) is 3.17. The number of anilines is 1. The van der Waals surface area contributed by atoms with E-state index >= 15 is 0 Å². The zero-order valence-electron chi connectivity index (χ0n) is 17.9. The molecule has 11 heteroatoms. The first kappa shape index (κ1) is 23.5. The van der Waals surface area contributed by atoms with Gasteiger partial charge in [-0.2, -0.15) is 15.3 Å². The van der Waals surface area contributed by atoms with Gasteiger partial charge in [-0.3, -0.25) is 10.9 Å². The van der Waals surface area contributed by atoms with Gasteiger partial charge in [0.2, 0.25) is 10.2 Å². The van der Waals surface area contributed by atoms with Crippen molar-refractivity contribution in [2.45, 2.75) is 13.8 Å². The summed E-state index contributed by atoms with van der Waals surface area (Å²) >= 11 is 0.819. The van der Waals surface area contributed by atoms with Crippen LogP contribution in [0.15, 0.2) is 85.2 Å². The molecule has 0 atom stereocenters. The van der Waals surface area contributed by atoms with Gasteiger partial charge in [-0.15, -0.1) is 0 Å². The molecule has 0 spiro atoms. The van der Waals surface area contributed by atoms with Crippen LogP contribution in [-0.4, -0.2) is 28.5 Å². The number of benzene rings is 2. The number of hydrazone groups is 3. The van der Waals surface area contributed by atoms with Crippen molar-refractivity contribution < 1.29 is 13.9 Å². The molecule has 10 nitrogen and oxygen atoms in total. The normalized spacial score (nSPS) is 12.5. The molecule has 0 aliphatic carbocycles. The number of esters is 1. The Kier molecular flexibility index (Phi) is 8.19. The van der Waals surface area contributed by atoms with Gasteiger partial charge in [0, 0.05) is 5.39 Å². The fourth-order valence-electron chi connectivity index (χ4n) is 2.61. The summed E-state index contributed by atoms with van der Waals surface area (Å²) in [5, 5.41) is 12.6. The average Bonchev–Trinajstić information content (AvgIpc) is 2.83. The number of thioether (sulfide) groups is 1. The van der Waals surface area contributed by atoms with E-state index in [0.29, 0.717) is 17.0 Å². The summed E-state index contributed by atoms with van der Waals surface area (Å²) in [5.41, 5.74) is 6.67. The number of nitrogens with one attached hydrogen (secondary N) is 2. The zero-order valence-corrected chi connectivity index (χ0v) is 18.8. The molecule has 3 aromatic rings. The van der Waals surface area contributed by atoms with Crippen molar-refractivity contribution in [3.05, 3.63) is 76.6 Å². The van der Waals surface area contributed by atoms with Crippen LogP contribution < -0.4 is 22.3 Å². The first-order valence-electron chi connectivity index (χ1n) is 9.87. The van der Waals surface area contributed by atoms with E-state index < -0.39 is 11.6 Å². The number of hydrogen-bond donors (Lipinski definition) is 3. The summed E-state index contributed by atoms with van der Waals surface area (Å²) in [5.74, 6) is 4.80. The molecule has 0 unspecified atom stereocenters. The van der Waals surface area contributed by atoms with Gasteiger partial charge in [0.05, 0.1) is 23.6 Å². The molecule has 0 fully saturated rings. The van der Waals surface area contributed by atoms with Gasteiger partial charge in [-0.25, -0.2) is 9.59 Å². The molecule has 1 aromatic heterocycles. The van der Waals surface area contributed by atoms with E-state index in [1.165, 1.54) is 0 Å². The first-order chi connectivity index (χ1) is 16.0. The Morgan fingerprint density at radius 3 is 2.58 bits per heavy atom. The Morgan fingerprint density at radius 1 is 1.12 bits per heavy atom. The molecule has 0 saturated carbocycles. The second-order valence-electron chi connectivity index (χ2n) is 6.45. The number of amidine groups is 1. The third-order valence-electron chi connectivity index (χ3n) is 4.17. The number of rotatable bonds is 5. The van der Waals surface area contributed by atoms with Crippen LogP contribution in [0, 0.1) is 0 Å². The molecule has 2 aromatic carbocycles. The molecule has 33 heavy (non-hydrogen) atoms. The molecular weight excluding hydrogens is 444 g/mol. The molecule has 0 amide bonds. The number of carbonyl (C=O) groups is 1. The highest BCUT2D eigenvalue weighted by Crippen LogP contribution is 2.14. The van der Waals surface area contributed by atoms with Gasteiger partial charge in [-0.1, -0.05) is 36.4 Å². The maximum Gasteiger partial charge on any atom is 0.365 e. The summed E-state index contributed by atoms with van der Waals surface area (Å²) in [7, 11) is 0. The van der Waals surface area contributed by atoms with Crippen LogP contribution in [0.4, 0.5) is 5.69 Å². The van der Waals surface area contributed by atoms with E-state index in [2.05, 4.69) is 26.2 Å². The maximum absolute atomic E-state index is 12.3. The Labute approximate surface area is 193 Å². The number of ether oxygens (including phenoxy) is 1. The lowest BCUT2D eigenvalue weighted by Crippen LogP contribution is -2.25. The van der Waals surface area contributed by atoms with E-state index in [-0.39, 0.29) is 22.4 Å². The second kappa shape index (κ2) is 11.5. The summed E-state index contributed by atoms with van der Waals surface area (Å²) in [4.78, 5) is 24.6. The van der Waals surface area contributed by atoms with Crippen LogP contribution in [0.3, 0.4) is 0 Å². The molecule has 3 rings (SSSR count). The molecule has 0 saturated heterocycles. The smallest absolute Gasteiger partial charge is 0.365 e. The van der Waals surface area contributed by atoms with Gasteiger partial charge >= 0.3 is 11.6 Å². The minimum Gasteiger partial charge on any atom is -0.461 e. The minimum atomic E-state index is -0.662. The van der Waals surface area contributed by atoms with Crippen molar-refractivity contribution in [2.24, 2.45) is 21.1 Å². The van der Waals surface area contributed by atoms with Crippen LogP contribution in [0.1, 0.15) is 19.4 Å². The Bertz CT molecular complexity index is 1270. The van der Waals surface area contributed by atoms with E-state index in [0.717, 1.165) is 17.1 Å². The predicted octanol–water partition coefficient (Wildman–Crippen LogP) is 3.06. The van der Waals surface area contributed by atoms with Gasteiger partial charge in [0.15, 0.2) is 0 Å². The summed E-state index contributed by atoms with van der Waals surface area (Å²) in [6.07, 6.45) is 0. The molecule has 0 aliphatic rings. The maximum atomic E-state index is 12.3. The minimum absolute atomic E-state index is 0.0459. The van der Waals surface area contributed by atoms with Crippen LogP contribution in [0.5, 0.6) is 0 Å². The Hall–Kier alpha value is -4.12. The third-order valence-corrected chi connectivity index (χ3v) is 5.01. The lowest BCUT2D eigenvalue weighted by molar-refractivity contribution is -0.134. The lowest BCUT2D eigenvalue weighted by atomic mass is 10.1. The van der Waals surface area contributed by atoms with E-state index in [9.17, 15) is 9.59 Å². The number of fused-ring (bicyclic) bond motifs is 1. The largest absolute Gasteiger partial charge is 0.461 e. The van der Waals surface area contributed by atoms with Crippen LogP contribution >= 0.6 is 11.8 Å². The van der Waals surface area contributed by atoms with E-state index in [1.54, 1.807) is 44.2 Å². The van der Waals surface area contributed by atoms with Crippen molar-refractivity contribution in [3.8, 4) is 0 Å². The number of nitrogens with two attached hydrogens (primary N) is 1. The van der Waals surface area contributed by atoms with Crippen LogP contribution in [-0.2, 0) is 9.53 Å². The quantitative estimate of drug-likeness (QED) is 0.130. The SMILES string of the molecule is CCOC(=O)/C(=N\Nc1ccccc1)S/C(=N\N)N/N=C(\C)c1cc2ccccc2oc1=O. The summed E-state index contributed by atoms with van der Waals surface area (Å²) < 4.78 is 10.4. The highest BCUT2D eigenvalue weighted by Gasteiger charge is 2.18. The lowest BCUT2D eigenvalue weighted by Gasteiger charge is -2.08. The number of hydrogen-bond acceptors (Lipinski definition) is 10. The highest BCUT2D eigenvalue weighted by atomic mass is 32.2. The fraction of sp³-hybridized carbons (Fsp3) is 0.136. The van der Waals surface area contributed by atoms with Crippen molar-refractivity contribution in [3.63, 3.8) is 0 Å². The predicted molar refractivity (Wildman–Crippen MR) is 131 cm³/mol. The van der Waals surface area contributed by atoms with Gasteiger partial charge in [0.25, 0.3) is 0 Å². The summed E-state index contributed by atoms with van der Waals surface area (Å²) in [6.45, 7) is 3.48. The molecule has 0 bridgehead atoms. The molecular formula is C22H22N6O4S. The standard InChI is InChI=1S/C22H22N6O4S/c1-3-31-21(30)19(27-26-16-10-5-4-6-11-16)33-22(24-23)28-25-14(2)17-13-15-9-7-8-12-18(15)32-20(17)29/h4-13,26H,3,23H2,1-2H3,(H,24,28)/b25-14+,27-19+. The third kappa shape index (κ3) is 6.43. The van der Waals surface area contributed by atoms with Gasteiger partial charge < -0.3 is 15.0 Å².